The van der Waals surface area contributed by atoms with E-state index < -0.39 is 0 Å². The Bertz CT molecular complexity index is 256. The van der Waals surface area contributed by atoms with Crippen LogP contribution in [0.1, 0.15) is 11.3 Å². The van der Waals surface area contributed by atoms with E-state index in [1.807, 2.05) is 0 Å². The van der Waals surface area contributed by atoms with Crippen LogP contribution in [-0.2, 0) is 13.5 Å². The van der Waals surface area contributed by atoms with Crippen molar-refractivity contribution in [2.45, 2.75) is 6.42 Å². The summed E-state index contributed by atoms with van der Waals surface area (Å²) in [7, 11) is 2.09. The minimum absolute atomic E-state index is 1.11. The van der Waals surface area contributed by atoms with Gasteiger partial charge in [0.25, 0.3) is 0 Å². The SMILES string of the molecule is Cn1ccc2c1CC=C2. The summed E-state index contributed by atoms with van der Waals surface area (Å²) < 4.78 is 2.18. The molecule has 1 aliphatic carbocycles. The zero-order chi connectivity index (χ0) is 6.27. The fraction of sp³-hybridized carbons (Fsp3) is 0.250. The maximum absolute atomic E-state index is 2.20. The quantitative estimate of drug-likeness (QED) is 0.488. The Kier molecular flexibility index (Phi) is 0.810. The summed E-state index contributed by atoms with van der Waals surface area (Å²) >= 11 is 0. The lowest BCUT2D eigenvalue weighted by atomic mass is 10.3. The Morgan fingerprint density at radius 2 is 2.44 bits per heavy atom. The summed E-state index contributed by atoms with van der Waals surface area (Å²) in [6.07, 6.45) is 7.59. The van der Waals surface area contributed by atoms with Gasteiger partial charge >= 0.3 is 0 Å². The average Bonchev–Trinajstić information content (AvgIpc) is 2.35. The van der Waals surface area contributed by atoms with Crippen molar-refractivity contribution >= 4 is 6.08 Å². The molecule has 0 saturated carbocycles. The van der Waals surface area contributed by atoms with Gasteiger partial charge in [0.2, 0.25) is 0 Å². The number of hydrogen-bond acceptors (Lipinski definition) is 0. The van der Waals surface area contributed by atoms with Crippen LogP contribution in [0.5, 0.6) is 0 Å². The molecular formula is C8H9N. The molecule has 9 heavy (non-hydrogen) atoms. The number of hydrogen-bond donors (Lipinski definition) is 0. The molecule has 0 atom stereocenters. The largest absolute Gasteiger partial charge is 0.354 e. The summed E-state index contributed by atoms with van der Waals surface area (Å²) in [6.45, 7) is 0. The normalized spacial score (nSPS) is 14.3. The van der Waals surface area contributed by atoms with Crippen LogP contribution < -0.4 is 0 Å². The fourth-order valence-corrected chi connectivity index (χ4v) is 1.29. The van der Waals surface area contributed by atoms with E-state index in [1.165, 1.54) is 11.3 Å². The van der Waals surface area contributed by atoms with Gasteiger partial charge in [-0.05, 0) is 11.6 Å². The van der Waals surface area contributed by atoms with Gasteiger partial charge in [-0.3, -0.25) is 0 Å². The second-order valence-electron chi connectivity index (χ2n) is 2.44. The minimum Gasteiger partial charge on any atom is -0.354 e. The number of nitrogens with zero attached hydrogens (tertiary/aromatic N) is 1. The predicted octanol–water partition coefficient (Wildman–Crippen LogP) is 1.59. The van der Waals surface area contributed by atoms with Crippen molar-refractivity contribution in [1.82, 2.24) is 4.57 Å². The molecule has 0 unspecified atom stereocenters. The Hall–Kier alpha value is -0.980. The first-order chi connectivity index (χ1) is 4.38. The van der Waals surface area contributed by atoms with Crippen molar-refractivity contribution in [3.8, 4) is 0 Å². The van der Waals surface area contributed by atoms with E-state index in [-0.39, 0.29) is 0 Å². The Labute approximate surface area is 54.6 Å². The van der Waals surface area contributed by atoms with Gasteiger partial charge in [0.05, 0.1) is 0 Å². The van der Waals surface area contributed by atoms with Gasteiger partial charge < -0.3 is 4.57 Å². The molecule has 0 amide bonds. The second-order valence-corrected chi connectivity index (χ2v) is 2.44. The third-order valence-corrected chi connectivity index (χ3v) is 1.85. The summed E-state index contributed by atoms with van der Waals surface area (Å²) in [5.74, 6) is 0. The van der Waals surface area contributed by atoms with Gasteiger partial charge in [-0.25, -0.2) is 0 Å². The van der Waals surface area contributed by atoms with Crippen molar-refractivity contribution in [1.29, 1.82) is 0 Å². The summed E-state index contributed by atoms with van der Waals surface area (Å²) in [4.78, 5) is 0. The molecule has 1 nitrogen and oxygen atoms in total. The molecule has 0 saturated heterocycles. The van der Waals surface area contributed by atoms with E-state index in [0.717, 1.165) is 6.42 Å². The third-order valence-electron chi connectivity index (χ3n) is 1.85. The first-order valence-electron chi connectivity index (χ1n) is 3.18. The van der Waals surface area contributed by atoms with E-state index in [4.69, 9.17) is 0 Å². The summed E-state index contributed by atoms with van der Waals surface area (Å²) in [6, 6.07) is 2.15. The molecule has 1 heteroatoms. The maximum Gasteiger partial charge on any atom is 0.0282 e. The van der Waals surface area contributed by atoms with Crippen LogP contribution in [0.4, 0.5) is 0 Å². The van der Waals surface area contributed by atoms with E-state index in [0.29, 0.717) is 0 Å². The molecule has 0 fully saturated rings. The number of aryl methyl sites for hydroxylation is 1. The first-order valence-corrected chi connectivity index (χ1v) is 3.18. The maximum atomic E-state index is 2.20. The Morgan fingerprint density at radius 3 is 3.22 bits per heavy atom. The average molecular weight is 119 g/mol. The third kappa shape index (κ3) is 0.545. The summed E-state index contributed by atoms with van der Waals surface area (Å²) in [5, 5.41) is 0. The van der Waals surface area contributed by atoms with Crippen molar-refractivity contribution in [3.05, 3.63) is 29.6 Å². The van der Waals surface area contributed by atoms with Gasteiger partial charge in [-0.15, -0.1) is 0 Å². The van der Waals surface area contributed by atoms with Crippen LogP contribution in [-0.4, -0.2) is 4.57 Å². The number of rotatable bonds is 0. The zero-order valence-corrected chi connectivity index (χ0v) is 5.46. The number of aromatic nitrogens is 1. The van der Waals surface area contributed by atoms with Gasteiger partial charge in [0, 0.05) is 25.4 Å². The molecule has 0 radical (unpaired) electrons. The van der Waals surface area contributed by atoms with Gasteiger partial charge in [-0.1, -0.05) is 12.2 Å². The Morgan fingerprint density at radius 1 is 1.56 bits per heavy atom. The van der Waals surface area contributed by atoms with Crippen molar-refractivity contribution in [2.24, 2.45) is 7.05 Å². The van der Waals surface area contributed by atoms with E-state index in [2.05, 4.69) is 36.0 Å². The molecule has 0 aromatic carbocycles. The molecule has 1 aliphatic rings. The van der Waals surface area contributed by atoms with Crippen LogP contribution >= 0.6 is 0 Å². The van der Waals surface area contributed by atoms with Crippen LogP contribution in [0, 0.1) is 0 Å². The van der Waals surface area contributed by atoms with E-state index in [9.17, 15) is 0 Å². The lowest BCUT2D eigenvalue weighted by molar-refractivity contribution is 0.862. The molecule has 1 aromatic rings. The van der Waals surface area contributed by atoms with Crippen molar-refractivity contribution in [3.63, 3.8) is 0 Å². The molecule has 0 aliphatic heterocycles. The van der Waals surface area contributed by atoms with Gasteiger partial charge in [-0.2, -0.15) is 0 Å². The molecule has 0 bridgehead atoms. The molecular weight excluding hydrogens is 110 g/mol. The molecule has 1 heterocycles. The van der Waals surface area contributed by atoms with E-state index in [1.54, 1.807) is 0 Å². The van der Waals surface area contributed by atoms with Crippen LogP contribution in [0.25, 0.3) is 6.08 Å². The highest BCUT2D eigenvalue weighted by molar-refractivity contribution is 5.58. The molecule has 46 valence electrons. The first kappa shape index (κ1) is 4.86. The summed E-state index contributed by atoms with van der Waals surface area (Å²) in [5.41, 5.74) is 2.83. The fourth-order valence-electron chi connectivity index (χ4n) is 1.29. The lowest BCUT2D eigenvalue weighted by Gasteiger charge is -1.95. The second kappa shape index (κ2) is 1.50. The highest BCUT2D eigenvalue weighted by atomic mass is 14.9. The van der Waals surface area contributed by atoms with Crippen LogP contribution in [0.3, 0.4) is 0 Å². The number of fused-ring (bicyclic) bond motifs is 1. The molecule has 2 rings (SSSR count). The highest BCUT2D eigenvalue weighted by Crippen LogP contribution is 2.18. The zero-order valence-electron chi connectivity index (χ0n) is 5.46. The standard InChI is InChI=1S/C8H9N/c1-9-6-5-7-3-2-4-8(7)9/h2-3,5-6H,4H2,1H3. The smallest absolute Gasteiger partial charge is 0.0282 e. The Balaban J connectivity index is 2.65. The highest BCUT2D eigenvalue weighted by Gasteiger charge is 2.06. The lowest BCUT2D eigenvalue weighted by Crippen LogP contribution is -1.90. The van der Waals surface area contributed by atoms with Gasteiger partial charge in [0.1, 0.15) is 0 Å². The molecule has 0 spiro atoms. The van der Waals surface area contributed by atoms with Crippen LogP contribution in [0.2, 0.25) is 0 Å². The van der Waals surface area contributed by atoms with E-state index >= 15 is 0 Å². The molecule has 0 N–H and O–H groups in total. The topological polar surface area (TPSA) is 4.93 Å². The number of allylic oxidation sites excluding steroid dienone is 1. The monoisotopic (exact) mass is 119 g/mol. The molecule has 1 aromatic heterocycles. The van der Waals surface area contributed by atoms with Crippen LogP contribution in [0.15, 0.2) is 18.3 Å². The van der Waals surface area contributed by atoms with Crippen molar-refractivity contribution in [2.75, 3.05) is 0 Å². The minimum atomic E-state index is 1.11. The van der Waals surface area contributed by atoms with Gasteiger partial charge in [0.15, 0.2) is 0 Å². The predicted molar refractivity (Wildman–Crippen MR) is 38.2 cm³/mol. The van der Waals surface area contributed by atoms with Crippen molar-refractivity contribution < 1.29 is 0 Å².